The number of carbonyl (C=O) groups excluding carboxylic acids is 1. The molecule has 0 fully saturated rings. The minimum atomic E-state index is -0.140. The zero-order valence-corrected chi connectivity index (χ0v) is 12.6. The van der Waals surface area contributed by atoms with Gasteiger partial charge in [-0.05, 0) is 59.3 Å². The summed E-state index contributed by atoms with van der Waals surface area (Å²) >= 11 is 8.20. The van der Waals surface area contributed by atoms with Gasteiger partial charge in [0, 0.05) is 14.2 Å². The molecule has 0 aliphatic carbocycles. The van der Waals surface area contributed by atoms with Gasteiger partial charge in [-0.15, -0.1) is 0 Å². The van der Waals surface area contributed by atoms with Crippen molar-refractivity contribution in [2.24, 2.45) is 0 Å². The zero-order valence-electron chi connectivity index (χ0n) is 9.71. The van der Waals surface area contributed by atoms with Crippen molar-refractivity contribution in [3.63, 3.8) is 0 Å². The summed E-state index contributed by atoms with van der Waals surface area (Å²) in [6.07, 6.45) is 0. The molecule has 92 valence electrons. The van der Waals surface area contributed by atoms with Gasteiger partial charge in [0.15, 0.2) is 0 Å². The maximum atomic E-state index is 12.2. The SMILES string of the molecule is Cc1c(Cl)cccc1C(=O)Nc1ccccc1I. The molecule has 0 unspecified atom stereocenters. The van der Waals surface area contributed by atoms with Crippen LogP contribution in [0.3, 0.4) is 0 Å². The van der Waals surface area contributed by atoms with Gasteiger partial charge in [0.05, 0.1) is 5.69 Å². The van der Waals surface area contributed by atoms with Crippen molar-refractivity contribution in [2.45, 2.75) is 6.92 Å². The lowest BCUT2D eigenvalue weighted by Crippen LogP contribution is -2.14. The maximum absolute atomic E-state index is 12.2. The van der Waals surface area contributed by atoms with Gasteiger partial charge >= 0.3 is 0 Å². The number of benzene rings is 2. The van der Waals surface area contributed by atoms with Crippen LogP contribution in [0.4, 0.5) is 5.69 Å². The molecule has 0 heterocycles. The molecule has 2 nitrogen and oxygen atoms in total. The molecule has 0 spiro atoms. The van der Waals surface area contributed by atoms with Crippen LogP contribution in [0.2, 0.25) is 5.02 Å². The van der Waals surface area contributed by atoms with Crippen LogP contribution in [0.5, 0.6) is 0 Å². The lowest BCUT2D eigenvalue weighted by molar-refractivity contribution is 0.102. The minimum Gasteiger partial charge on any atom is -0.321 e. The van der Waals surface area contributed by atoms with Gasteiger partial charge < -0.3 is 5.32 Å². The Labute approximate surface area is 124 Å². The van der Waals surface area contributed by atoms with Crippen LogP contribution in [0.1, 0.15) is 15.9 Å². The van der Waals surface area contributed by atoms with Gasteiger partial charge in [0.25, 0.3) is 5.91 Å². The Balaban J connectivity index is 2.28. The molecule has 0 bridgehead atoms. The molecule has 0 aliphatic rings. The largest absolute Gasteiger partial charge is 0.321 e. The topological polar surface area (TPSA) is 29.1 Å². The average molecular weight is 372 g/mol. The van der Waals surface area contributed by atoms with E-state index in [2.05, 4.69) is 27.9 Å². The first-order valence-electron chi connectivity index (χ1n) is 5.40. The highest BCUT2D eigenvalue weighted by molar-refractivity contribution is 14.1. The Hall–Kier alpha value is -1.07. The number of hydrogen-bond acceptors (Lipinski definition) is 1. The highest BCUT2D eigenvalue weighted by atomic mass is 127. The predicted octanol–water partition coefficient (Wildman–Crippen LogP) is 4.51. The second kappa shape index (κ2) is 5.71. The lowest BCUT2D eigenvalue weighted by atomic mass is 10.1. The molecule has 0 saturated carbocycles. The first-order valence-corrected chi connectivity index (χ1v) is 6.86. The van der Waals surface area contributed by atoms with Gasteiger partial charge in [-0.25, -0.2) is 0 Å². The van der Waals surface area contributed by atoms with Crippen LogP contribution >= 0.6 is 34.2 Å². The predicted molar refractivity (Wildman–Crippen MR) is 83.3 cm³/mol. The second-order valence-electron chi connectivity index (χ2n) is 3.85. The summed E-state index contributed by atoms with van der Waals surface area (Å²) < 4.78 is 1.00. The van der Waals surface area contributed by atoms with Crippen molar-refractivity contribution in [1.82, 2.24) is 0 Å². The van der Waals surface area contributed by atoms with Gasteiger partial charge in [-0.1, -0.05) is 29.8 Å². The molecule has 1 amide bonds. The molecule has 0 saturated heterocycles. The molecular weight excluding hydrogens is 361 g/mol. The van der Waals surface area contributed by atoms with E-state index in [1.165, 1.54) is 0 Å². The summed E-state index contributed by atoms with van der Waals surface area (Å²) in [5.41, 5.74) is 2.20. The number of para-hydroxylation sites is 1. The van der Waals surface area contributed by atoms with Crippen molar-refractivity contribution in [2.75, 3.05) is 5.32 Å². The summed E-state index contributed by atoms with van der Waals surface area (Å²) in [6, 6.07) is 13.0. The Morgan fingerprint density at radius 3 is 2.61 bits per heavy atom. The fraction of sp³-hybridized carbons (Fsp3) is 0.0714. The molecule has 4 heteroatoms. The second-order valence-corrected chi connectivity index (χ2v) is 5.42. The fourth-order valence-electron chi connectivity index (χ4n) is 1.61. The summed E-state index contributed by atoms with van der Waals surface area (Å²) in [7, 11) is 0. The van der Waals surface area contributed by atoms with Crippen LogP contribution in [-0.2, 0) is 0 Å². The van der Waals surface area contributed by atoms with E-state index in [-0.39, 0.29) is 5.91 Å². The molecule has 2 aromatic rings. The number of nitrogens with one attached hydrogen (secondary N) is 1. The van der Waals surface area contributed by atoms with E-state index >= 15 is 0 Å². The fourth-order valence-corrected chi connectivity index (χ4v) is 2.30. The normalized spacial score (nSPS) is 10.2. The van der Waals surface area contributed by atoms with Gasteiger partial charge in [-0.2, -0.15) is 0 Å². The zero-order chi connectivity index (χ0) is 13.1. The van der Waals surface area contributed by atoms with Gasteiger partial charge in [0.2, 0.25) is 0 Å². The summed E-state index contributed by atoms with van der Waals surface area (Å²) in [6.45, 7) is 1.84. The van der Waals surface area contributed by atoms with Crippen molar-refractivity contribution in [3.05, 3.63) is 62.2 Å². The maximum Gasteiger partial charge on any atom is 0.256 e. The third-order valence-electron chi connectivity index (χ3n) is 2.63. The average Bonchev–Trinajstić information content (AvgIpc) is 2.35. The van der Waals surface area contributed by atoms with E-state index in [1.807, 2.05) is 31.2 Å². The van der Waals surface area contributed by atoms with Crippen molar-refractivity contribution in [1.29, 1.82) is 0 Å². The number of hydrogen-bond donors (Lipinski definition) is 1. The van der Waals surface area contributed by atoms with Crippen molar-refractivity contribution >= 4 is 45.8 Å². The van der Waals surface area contributed by atoms with E-state index in [1.54, 1.807) is 18.2 Å². The van der Waals surface area contributed by atoms with E-state index in [9.17, 15) is 4.79 Å². The minimum absolute atomic E-state index is 0.140. The number of carbonyl (C=O) groups is 1. The molecule has 0 radical (unpaired) electrons. The quantitative estimate of drug-likeness (QED) is 0.774. The summed E-state index contributed by atoms with van der Waals surface area (Å²) in [5.74, 6) is -0.140. The molecule has 1 N–H and O–H groups in total. The monoisotopic (exact) mass is 371 g/mol. The van der Waals surface area contributed by atoms with Crippen LogP contribution in [0, 0.1) is 10.5 Å². The van der Waals surface area contributed by atoms with Crippen LogP contribution < -0.4 is 5.32 Å². The third-order valence-corrected chi connectivity index (χ3v) is 3.98. The van der Waals surface area contributed by atoms with Gasteiger partial charge in [0.1, 0.15) is 0 Å². The summed E-state index contributed by atoms with van der Waals surface area (Å²) in [4.78, 5) is 12.2. The van der Waals surface area contributed by atoms with E-state index < -0.39 is 0 Å². The molecule has 2 aromatic carbocycles. The van der Waals surface area contributed by atoms with E-state index in [0.717, 1.165) is 14.8 Å². The van der Waals surface area contributed by atoms with Crippen LogP contribution in [0.15, 0.2) is 42.5 Å². The Morgan fingerprint density at radius 2 is 1.89 bits per heavy atom. The van der Waals surface area contributed by atoms with Crippen molar-refractivity contribution in [3.8, 4) is 0 Å². The third kappa shape index (κ3) is 2.84. The molecule has 0 aromatic heterocycles. The molecule has 18 heavy (non-hydrogen) atoms. The first kappa shape index (κ1) is 13.4. The number of rotatable bonds is 2. The highest BCUT2D eigenvalue weighted by Crippen LogP contribution is 2.22. The smallest absolute Gasteiger partial charge is 0.256 e. The summed E-state index contributed by atoms with van der Waals surface area (Å²) in [5, 5.41) is 3.49. The van der Waals surface area contributed by atoms with Crippen LogP contribution in [0.25, 0.3) is 0 Å². The molecular formula is C14H11ClINO. The number of amides is 1. The number of halogens is 2. The number of anilines is 1. The Kier molecular flexibility index (Phi) is 4.24. The van der Waals surface area contributed by atoms with Gasteiger partial charge in [-0.3, -0.25) is 4.79 Å². The molecule has 0 aliphatic heterocycles. The van der Waals surface area contributed by atoms with E-state index in [0.29, 0.717) is 10.6 Å². The van der Waals surface area contributed by atoms with Crippen LogP contribution in [-0.4, -0.2) is 5.91 Å². The molecule has 0 atom stereocenters. The first-order chi connectivity index (χ1) is 8.59. The Morgan fingerprint density at radius 1 is 1.17 bits per heavy atom. The lowest BCUT2D eigenvalue weighted by Gasteiger charge is -2.09. The highest BCUT2D eigenvalue weighted by Gasteiger charge is 2.11. The van der Waals surface area contributed by atoms with Crippen molar-refractivity contribution < 1.29 is 4.79 Å². The molecule has 2 rings (SSSR count). The van der Waals surface area contributed by atoms with E-state index in [4.69, 9.17) is 11.6 Å². The standard InChI is InChI=1S/C14H11ClINO/c1-9-10(5-4-6-11(9)15)14(18)17-13-8-3-2-7-12(13)16/h2-8H,1H3,(H,17,18). The Bertz CT molecular complexity index is 598.